The number of hydrogen-bond donors (Lipinski definition) is 0. The predicted molar refractivity (Wildman–Crippen MR) is 80.8 cm³/mol. The quantitative estimate of drug-likeness (QED) is 0.740. The monoisotopic (exact) mass is 281 g/mol. The second kappa shape index (κ2) is 5.28. The van der Waals surface area contributed by atoms with Crippen molar-refractivity contribution in [1.82, 2.24) is 14.3 Å². The van der Waals surface area contributed by atoms with Crippen molar-refractivity contribution in [2.24, 2.45) is 7.05 Å². The van der Waals surface area contributed by atoms with Gasteiger partial charge in [-0.15, -0.1) is 5.10 Å². The van der Waals surface area contributed by atoms with E-state index < -0.39 is 0 Å². The molecule has 3 aromatic rings. The first kappa shape index (κ1) is 13.2. The fourth-order valence-electron chi connectivity index (χ4n) is 2.20. The number of para-hydroxylation sites is 1. The number of aryl methyl sites for hydroxylation is 1. The van der Waals surface area contributed by atoms with Crippen LogP contribution in [-0.2, 0) is 7.05 Å². The van der Waals surface area contributed by atoms with Crippen LogP contribution in [0.3, 0.4) is 0 Å². The number of aromatic nitrogens is 3. The standard InChI is InChI=1S/C16H15N3O2/c1-18-16(20)19(13-6-4-3-5-7-13)15(17-18)12-8-10-14(21-2)11-9-12/h3-11H,1-2H3. The Morgan fingerprint density at radius 3 is 2.29 bits per heavy atom. The highest BCUT2D eigenvalue weighted by Crippen LogP contribution is 2.21. The molecule has 1 heterocycles. The van der Waals surface area contributed by atoms with Crippen molar-refractivity contribution in [3.05, 3.63) is 65.1 Å². The minimum atomic E-state index is -0.174. The highest BCUT2D eigenvalue weighted by Gasteiger charge is 2.14. The summed E-state index contributed by atoms with van der Waals surface area (Å²) in [5, 5.41) is 4.34. The number of methoxy groups -OCH3 is 1. The fraction of sp³-hybridized carbons (Fsp3) is 0.125. The molecule has 5 heteroatoms. The van der Waals surface area contributed by atoms with Gasteiger partial charge in [-0.05, 0) is 36.4 Å². The van der Waals surface area contributed by atoms with Gasteiger partial charge in [-0.3, -0.25) is 0 Å². The van der Waals surface area contributed by atoms with Crippen LogP contribution < -0.4 is 10.4 Å². The third-order valence-corrected chi connectivity index (χ3v) is 3.29. The molecule has 21 heavy (non-hydrogen) atoms. The average molecular weight is 281 g/mol. The van der Waals surface area contributed by atoms with Crippen LogP contribution in [0.25, 0.3) is 17.1 Å². The summed E-state index contributed by atoms with van der Waals surface area (Å²) in [5.74, 6) is 1.37. The Morgan fingerprint density at radius 1 is 1.00 bits per heavy atom. The molecule has 3 rings (SSSR count). The summed E-state index contributed by atoms with van der Waals surface area (Å²) < 4.78 is 8.09. The molecule has 0 saturated carbocycles. The second-order valence-corrected chi connectivity index (χ2v) is 4.63. The summed E-state index contributed by atoms with van der Waals surface area (Å²) in [6.07, 6.45) is 0. The van der Waals surface area contributed by atoms with Crippen LogP contribution in [0.15, 0.2) is 59.4 Å². The van der Waals surface area contributed by atoms with E-state index in [1.54, 1.807) is 18.7 Å². The summed E-state index contributed by atoms with van der Waals surface area (Å²) >= 11 is 0. The first-order valence-electron chi connectivity index (χ1n) is 6.56. The molecule has 106 valence electrons. The molecular formula is C16H15N3O2. The molecule has 0 bridgehead atoms. The van der Waals surface area contributed by atoms with Gasteiger partial charge >= 0.3 is 5.69 Å². The van der Waals surface area contributed by atoms with Gasteiger partial charge in [0, 0.05) is 12.6 Å². The number of rotatable bonds is 3. The first-order valence-corrected chi connectivity index (χ1v) is 6.56. The Balaban J connectivity index is 2.19. The molecule has 0 aliphatic rings. The lowest BCUT2D eigenvalue weighted by atomic mass is 10.2. The van der Waals surface area contributed by atoms with Crippen LogP contribution in [0.1, 0.15) is 0 Å². The van der Waals surface area contributed by atoms with Gasteiger partial charge in [0.15, 0.2) is 5.82 Å². The van der Waals surface area contributed by atoms with Gasteiger partial charge in [-0.2, -0.15) is 0 Å². The average Bonchev–Trinajstić information content (AvgIpc) is 2.84. The van der Waals surface area contributed by atoms with Crippen molar-refractivity contribution in [3.63, 3.8) is 0 Å². The SMILES string of the molecule is COc1ccc(-c2nn(C)c(=O)n2-c2ccccc2)cc1. The van der Waals surface area contributed by atoms with Crippen molar-refractivity contribution in [2.75, 3.05) is 7.11 Å². The van der Waals surface area contributed by atoms with Crippen molar-refractivity contribution < 1.29 is 4.74 Å². The van der Waals surface area contributed by atoms with E-state index in [-0.39, 0.29) is 5.69 Å². The van der Waals surface area contributed by atoms with Crippen molar-refractivity contribution in [1.29, 1.82) is 0 Å². The topological polar surface area (TPSA) is 49.1 Å². The molecule has 5 nitrogen and oxygen atoms in total. The molecule has 0 unspecified atom stereocenters. The molecule has 0 fully saturated rings. The zero-order valence-electron chi connectivity index (χ0n) is 11.9. The summed E-state index contributed by atoms with van der Waals surface area (Å²) in [6, 6.07) is 17.0. The highest BCUT2D eigenvalue weighted by atomic mass is 16.5. The van der Waals surface area contributed by atoms with Crippen LogP contribution in [0.2, 0.25) is 0 Å². The van der Waals surface area contributed by atoms with Gasteiger partial charge in [0.05, 0.1) is 12.8 Å². The number of hydrogen-bond acceptors (Lipinski definition) is 3. The lowest BCUT2D eigenvalue weighted by molar-refractivity contribution is 0.415. The van der Waals surface area contributed by atoms with Gasteiger partial charge in [-0.25, -0.2) is 14.0 Å². The van der Waals surface area contributed by atoms with E-state index in [0.29, 0.717) is 5.82 Å². The third kappa shape index (κ3) is 2.33. The van der Waals surface area contributed by atoms with Crippen molar-refractivity contribution in [2.45, 2.75) is 0 Å². The van der Waals surface area contributed by atoms with Crippen LogP contribution in [0, 0.1) is 0 Å². The molecule has 1 aromatic heterocycles. The maximum Gasteiger partial charge on any atom is 0.350 e. The summed E-state index contributed by atoms with van der Waals surface area (Å²) in [6.45, 7) is 0. The molecule has 0 atom stereocenters. The fourth-order valence-corrected chi connectivity index (χ4v) is 2.20. The normalized spacial score (nSPS) is 10.6. The van der Waals surface area contributed by atoms with E-state index in [0.717, 1.165) is 17.0 Å². The summed E-state index contributed by atoms with van der Waals surface area (Å²) in [5.41, 5.74) is 1.48. The molecule has 0 saturated heterocycles. The Hall–Kier alpha value is -2.82. The van der Waals surface area contributed by atoms with Crippen LogP contribution in [0.4, 0.5) is 0 Å². The molecule has 0 radical (unpaired) electrons. The van der Waals surface area contributed by atoms with E-state index in [4.69, 9.17) is 4.74 Å². The molecule has 0 N–H and O–H groups in total. The minimum Gasteiger partial charge on any atom is -0.497 e. The molecule has 0 amide bonds. The molecule has 0 spiro atoms. The summed E-state index contributed by atoms with van der Waals surface area (Å²) in [7, 11) is 3.27. The van der Waals surface area contributed by atoms with Gasteiger partial charge in [-0.1, -0.05) is 18.2 Å². The molecule has 0 aliphatic carbocycles. The third-order valence-electron chi connectivity index (χ3n) is 3.29. The zero-order chi connectivity index (χ0) is 14.8. The molecule has 2 aromatic carbocycles. The maximum atomic E-state index is 12.3. The smallest absolute Gasteiger partial charge is 0.350 e. The number of nitrogens with zero attached hydrogens (tertiary/aromatic N) is 3. The number of ether oxygens (including phenoxy) is 1. The Kier molecular flexibility index (Phi) is 3.31. The zero-order valence-corrected chi connectivity index (χ0v) is 11.9. The van der Waals surface area contributed by atoms with E-state index in [9.17, 15) is 4.79 Å². The lowest BCUT2D eigenvalue weighted by Gasteiger charge is -2.06. The van der Waals surface area contributed by atoms with Crippen LogP contribution in [-0.4, -0.2) is 21.5 Å². The van der Waals surface area contributed by atoms with Gasteiger partial charge in [0.25, 0.3) is 0 Å². The molecular weight excluding hydrogens is 266 g/mol. The largest absolute Gasteiger partial charge is 0.497 e. The van der Waals surface area contributed by atoms with Crippen molar-refractivity contribution in [3.8, 4) is 22.8 Å². The van der Waals surface area contributed by atoms with E-state index >= 15 is 0 Å². The van der Waals surface area contributed by atoms with Crippen LogP contribution >= 0.6 is 0 Å². The van der Waals surface area contributed by atoms with Gasteiger partial charge in [0.2, 0.25) is 0 Å². The van der Waals surface area contributed by atoms with Gasteiger partial charge < -0.3 is 4.74 Å². The van der Waals surface area contributed by atoms with E-state index in [2.05, 4.69) is 5.10 Å². The highest BCUT2D eigenvalue weighted by molar-refractivity contribution is 5.59. The van der Waals surface area contributed by atoms with Crippen LogP contribution in [0.5, 0.6) is 5.75 Å². The Bertz CT molecular complexity index is 802. The summed E-state index contributed by atoms with van der Waals surface area (Å²) in [4.78, 5) is 12.3. The predicted octanol–water partition coefficient (Wildman–Crippen LogP) is 2.25. The number of benzene rings is 2. The van der Waals surface area contributed by atoms with Gasteiger partial charge in [0.1, 0.15) is 5.75 Å². The first-order chi connectivity index (χ1) is 10.2. The van der Waals surface area contributed by atoms with E-state index in [1.807, 2.05) is 54.6 Å². The molecule has 0 aliphatic heterocycles. The van der Waals surface area contributed by atoms with E-state index in [1.165, 1.54) is 4.68 Å². The maximum absolute atomic E-state index is 12.3. The lowest BCUT2D eigenvalue weighted by Crippen LogP contribution is -2.21. The van der Waals surface area contributed by atoms with Crippen molar-refractivity contribution >= 4 is 0 Å². The second-order valence-electron chi connectivity index (χ2n) is 4.63. The minimum absolute atomic E-state index is 0.174. The Labute approximate surface area is 122 Å². The Morgan fingerprint density at radius 2 is 1.67 bits per heavy atom.